The summed E-state index contributed by atoms with van der Waals surface area (Å²) < 4.78 is 5.37. The SMILES string of the molecule is OC1CCCN(c2ccc(C3CCOCC3)nn2)C1. The van der Waals surface area contributed by atoms with E-state index in [1.165, 1.54) is 0 Å². The average Bonchev–Trinajstić information content (AvgIpc) is 2.48. The van der Waals surface area contributed by atoms with E-state index in [0.717, 1.165) is 57.0 Å². The summed E-state index contributed by atoms with van der Waals surface area (Å²) in [5, 5.41) is 18.4. The fraction of sp³-hybridized carbons (Fsp3) is 0.714. The highest BCUT2D eigenvalue weighted by Crippen LogP contribution is 2.26. The third-order valence-electron chi connectivity index (χ3n) is 4.03. The summed E-state index contributed by atoms with van der Waals surface area (Å²) in [6, 6.07) is 4.12. The number of rotatable bonds is 2. The smallest absolute Gasteiger partial charge is 0.151 e. The molecule has 0 saturated carbocycles. The Hall–Kier alpha value is -1.20. The summed E-state index contributed by atoms with van der Waals surface area (Å²) in [7, 11) is 0. The van der Waals surface area contributed by atoms with Crippen molar-refractivity contribution in [1.82, 2.24) is 10.2 Å². The Bertz CT molecular complexity index is 404. The lowest BCUT2D eigenvalue weighted by Crippen LogP contribution is -2.38. The van der Waals surface area contributed by atoms with Gasteiger partial charge in [-0.2, -0.15) is 5.10 Å². The molecule has 0 amide bonds. The molecule has 2 aliphatic heterocycles. The molecule has 0 aromatic carbocycles. The molecular weight excluding hydrogens is 242 g/mol. The molecule has 3 rings (SSSR count). The van der Waals surface area contributed by atoms with Crippen LogP contribution in [0.1, 0.15) is 37.3 Å². The van der Waals surface area contributed by atoms with E-state index in [1.54, 1.807) is 0 Å². The number of aliphatic hydroxyl groups is 1. The second-order valence-corrected chi connectivity index (χ2v) is 5.45. The van der Waals surface area contributed by atoms with Crippen molar-refractivity contribution in [3.63, 3.8) is 0 Å². The number of hydrogen-bond donors (Lipinski definition) is 1. The van der Waals surface area contributed by atoms with E-state index < -0.39 is 0 Å². The van der Waals surface area contributed by atoms with Crippen molar-refractivity contribution < 1.29 is 9.84 Å². The number of aromatic nitrogens is 2. The first-order valence-corrected chi connectivity index (χ1v) is 7.17. The van der Waals surface area contributed by atoms with Crippen molar-refractivity contribution >= 4 is 5.82 Å². The maximum absolute atomic E-state index is 9.70. The average molecular weight is 263 g/mol. The maximum Gasteiger partial charge on any atom is 0.151 e. The topological polar surface area (TPSA) is 58.5 Å². The van der Waals surface area contributed by atoms with Crippen LogP contribution in [0.3, 0.4) is 0 Å². The van der Waals surface area contributed by atoms with E-state index in [0.29, 0.717) is 12.5 Å². The molecule has 19 heavy (non-hydrogen) atoms. The first-order chi connectivity index (χ1) is 9.33. The van der Waals surface area contributed by atoms with E-state index in [9.17, 15) is 5.11 Å². The highest BCUT2D eigenvalue weighted by molar-refractivity contribution is 5.38. The fourth-order valence-corrected chi connectivity index (χ4v) is 2.88. The molecule has 2 fully saturated rings. The molecule has 1 atom stereocenters. The highest BCUT2D eigenvalue weighted by atomic mass is 16.5. The molecular formula is C14H21N3O2. The van der Waals surface area contributed by atoms with Crippen molar-refractivity contribution in [3.8, 4) is 0 Å². The van der Waals surface area contributed by atoms with Crippen LogP contribution in [0.2, 0.25) is 0 Å². The van der Waals surface area contributed by atoms with Crippen LogP contribution in [0.15, 0.2) is 12.1 Å². The van der Waals surface area contributed by atoms with Crippen molar-refractivity contribution in [3.05, 3.63) is 17.8 Å². The van der Waals surface area contributed by atoms with Crippen molar-refractivity contribution in [2.75, 3.05) is 31.2 Å². The third kappa shape index (κ3) is 3.04. The van der Waals surface area contributed by atoms with Crippen molar-refractivity contribution in [2.45, 2.75) is 37.7 Å². The molecule has 1 aromatic rings. The lowest BCUT2D eigenvalue weighted by atomic mass is 9.96. The van der Waals surface area contributed by atoms with Crippen molar-refractivity contribution in [1.29, 1.82) is 0 Å². The molecule has 1 N–H and O–H groups in total. The molecule has 5 nitrogen and oxygen atoms in total. The van der Waals surface area contributed by atoms with Gasteiger partial charge in [-0.25, -0.2) is 0 Å². The van der Waals surface area contributed by atoms with Gasteiger partial charge in [0.15, 0.2) is 5.82 Å². The van der Waals surface area contributed by atoms with Crippen LogP contribution in [0.4, 0.5) is 5.82 Å². The predicted octanol–water partition coefficient (Wildman–Crippen LogP) is 1.33. The molecule has 0 radical (unpaired) electrons. The monoisotopic (exact) mass is 263 g/mol. The van der Waals surface area contributed by atoms with Crippen molar-refractivity contribution in [2.24, 2.45) is 0 Å². The standard InChI is InChI=1S/C14H21N3O2/c18-12-2-1-7-17(10-12)14-4-3-13(15-16-14)11-5-8-19-9-6-11/h3-4,11-12,18H,1-2,5-10H2. The van der Waals surface area contributed by atoms with Gasteiger partial charge in [0.2, 0.25) is 0 Å². The number of aliphatic hydroxyl groups excluding tert-OH is 1. The zero-order chi connectivity index (χ0) is 13.1. The quantitative estimate of drug-likeness (QED) is 0.872. The first kappa shape index (κ1) is 12.8. The van der Waals surface area contributed by atoms with Gasteiger partial charge in [0.25, 0.3) is 0 Å². The summed E-state index contributed by atoms with van der Waals surface area (Å²) in [6.45, 7) is 3.28. The lowest BCUT2D eigenvalue weighted by molar-refractivity contribution is 0.0843. The molecule has 0 spiro atoms. The minimum Gasteiger partial charge on any atom is -0.391 e. The number of ether oxygens (including phenoxy) is 1. The van der Waals surface area contributed by atoms with Gasteiger partial charge in [0.1, 0.15) is 0 Å². The summed E-state index contributed by atoms with van der Waals surface area (Å²) in [5.41, 5.74) is 1.07. The minimum absolute atomic E-state index is 0.231. The molecule has 0 bridgehead atoms. The highest BCUT2D eigenvalue weighted by Gasteiger charge is 2.21. The molecule has 2 saturated heterocycles. The number of nitrogens with zero attached hydrogens (tertiary/aromatic N) is 3. The van der Waals surface area contributed by atoms with Crippen LogP contribution in [0.25, 0.3) is 0 Å². The van der Waals surface area contributed by atoms with Crippen LogP contribution in [-0.2, 0) is 4.74 Å². The molecule has 5 heteroatoms. The Kier molecular flexibility index (Phi) is 3.94. The van der Waals surface area contributed by atoms with Gasteiger partial charge < -0.3 is 14.7 Å². The normalized spacial score (nSPS) is 25.5. The Labute approximate surface area is 113 Å². The van der Waals surface area contributed by atoms with E-state index in [2.05, 4.69) is 21.2 Å². The van der Waals surface area contributed by atoms with E-state index in [-0.39, 0.29) is 6.10 Å². The number of piperidine rings is 1. The summed E-state index contributed by atoms with van der Waals surface area (Å²) >= 11 is 0. The Morgan fingerprint density at radius 1 is 1.16 bits per heavy atom. The summed E-state index contributed by atoms with van der Waals surface area (Å²) in [6.07, 6.45) is 3.76. The summed E-state index contributed by atoms with van der Waals surface area (Å²) in [4.78, 5) is 2.12. The number of anilines is 1. The number of hydrogen-bond acceptors (Lipinski definition) is 5. The van der Waals surface area contributed by atoms with Crippen LogP contribution in [-0.4, -0.2) is 47.7 Å². The third-order valence-corrected chi connectivity index (χ3v) is 4.03. The second kappa shape index (κ2) is 5.84. The molecule has 0 aliphatic carbocycles. The van der Waals surface area contributed by atoms with Crippen LogP contribution >= 0.6 is 0 Å². The Morgan fingerprint density at radius 2 is 2.00 bits per heavy atom. The van der Waals surface area contributed by atoms with E-state index >= 15 is 0 Å². The zero-order valence-corrected chi connectivity index (χ0v) is 11.2. The minimum atomic E-state index is -0.231. The maximum atomic E-state index is 9.70. The largest absolute Gasteiger partial charge is 0.391 e. The van der Waals surface area contributed by atoms with Gasteiger partial charge in [-0.15, -0.1) is 5.10 Å². The van der Waals surface area contributed by atoms with Gasteiger partial charge in [0.05, 0.1) is 11.8 Å². The van der Waals surface area contributed by atoms with Crippen LogP contribution in [0, 0.1) is 0 Å². The number of β-amino-alcohol motifs (C(OH)–C–C–N with tert-alkyl or cyclic N) is 1. The van der Waals surface area contributed by atoms with Gasteiger partial charge >= 0.3 is 0 Å². The summed E-state index contributed by atoms with van der Waals surface area (Å²) in [5.74, 6) is 1.37. The molecule has 1 aromatic heterocycles. The van der Waals surface area contributed by atoms with E-state index in [4.69, 9.17) is 4.74 Å². The Balaban J connectivity index is 1.67. The molecule has 2 aliphatic rings. The first-order valence-electron chi connectivity index (χ1n) is 7.17. The predicted molar refractivity (Wildman–Crippen MR) is 72.3 cm³/mol. The van der Waals surface area contributed by atoms with Crippen LogP contribution < -0.4 is 4.90 Å². The molecule has 104 valence electrons. The second-order valence-electron chi connectivity index (χ2n) is 5.45. The van der Waals surface area contributed by atoms with Gasteiger partial charge in [0, 0.05) is 32.2 Å². The Morgan fingerprint density at radius 3 is 2.68 bits per heavy atom. The molecule has 3 heterocycles. The van der Waals surface area contributed by atoms with Gasteiger partial charge in [-0.3, -0.25) is 0 Å². The molecule has 1 unspecified atom stereocenters. The fourth-order valence-electron chi connectivity index (χ4n) is 2.88. The van der Waals surface area contributed by atoms with Gasteiger partial charge in [-0.1, -0.05) is 0 Å². The van der Waals surface area contributed by atoms with E-state index in [1.807, 2.05) is 6.07 Å². The van der Waals surface area contributed by atoms with Gasteiger partial charge in [-0.05, 0) is 37.8 Å². The lowest BCUT2D eigenvalue weighted by Gasteiger charge is -2.30. The zero-order valence-electron chi connectivity index (χ0n) is 11.2. The van der Waals surface area contributed by atoms with Crippen LogP contribution in [0.5, 0.6) is 0 Å².